The first-order valence-electron chi connectivity index (χ1n) is 6.78. The molecule has 0 spiro atoms. The molecule has 0 N–H and O–H groups in total. The van der Waals surface area contributed by atoms with Crippen LogP contribution in [0.1, 0.15) is 32.3 Å². The van der Waals surface area contributed by atoms with E-state index in [2.05, 4.69) is 4.74 Å². The molecule has 20 heavy (non-hydrogen) atoms. The lowest BCUT2D eigenvalue weighted by atomic mass is 10.1. The van der Waals surface area contributed by atoms with Crippen LogP contribution in [0.4, 0.5) is 0 Å². The average molecular weight is 276 g/mol. The highest BCUT2D eigenvalue weighted by Gasteiger charge is 2.08. The molecule has 0 saturated heterocycles. The van der Waals surface area contributed by atoms with Crippen LogP contribution in [0.5, 0.6) is 5.75 Å². The van der Waals surface area contributed by atoms with Crippen LogP contribution in [0.15, 0.2) is 36.4 Å². The topological polar surface area (TPSA) is 52.6 Å². The third-order valence-corrected chi connectivity index (χ3v) is 2.51. The third-order valence-electron chi connectivity index (χ3n) is 2.51. The number of carbonyl (C=O) groups is 2. The molecular weight excluding hydrogens is 256 g/mol. The number of ether oxygens (including phenoxy) is 2. The largest absolute Gasteiger partial charge is 0.494 e. The van der Waals surface area contributed by atoms with Crippen LogP contribution in [0.2, 0.25) is 0 Å². The monoisotopic (exact) mass is 276 g/mol. The molecule has 108 valence electrons. The zero-order valence-electron chi connectivity index (χ0n) is 11.9. The maximum Gasteiger partial charge on any atom is 0.338 e. The van der Waals surface area contributed by atoms with Gasteiger partial charge in [0.2, 0.25) is 0 Å². The Balaban J connectivity index is 2.43. The molecule has 4 nitrogen and oxygen atoms in total. The zero-order valence-corrected chi connectivity index (χ0v) is 11.9. The van der Waals surface area contributed by atoms with Crippen LogP contribution in [0.3, 0.4) is 0 Å². The van der Waals surface area contributed by atoms with Crippen molar-refractivity contribution in [2.45, 2.75) is 33.1 Å². The van der Waals surface area contributed by atoms with E-state index in [-0.39, 0.29) is 6.42 Å². The minimum Gasteiger partial charge on any atom is -0.494 e. The quantitative estimate of drug-likeness (QED) is 0.436. The van der Waals surface area contributed by atoms with Crippen LogP contribution in [0, 0.1) is 0 Å². The zero-order chi connectivity index (χ0) is 14.8. The Morgan fingerprint density at radius 3 is 2.45 bits per heavy atom. The summed E-state index contributed by atoms with van der Waals surface area (Å²) < 4.78 is 9.99. The van der Waals surface area contributed by atoms with Crippen molar-refractivity contribution in [1.29, 1.82) is 0 Å². The normalized spacial score (nSPS) is 10.5. The van der Waals surface area contributed by atoms with Gasteiger partial charge in [-0.1, -0.05) is 31.6 Å². The van der Waals surface area contributed by atoms with Gasteiger partial charge in [-0.3, -0.25) is 4.79 Å². The highest BCUT2D eigenvalue weighted by atomic mass is 16.6. The van der Waals surface area contributed by atoms with Gasteiger partial charge in [-0.25, -0.2) is 4.79 Å². The smallest absolute Gasteiger partial charge is 0.338 e. The molecule has 0 aromatic heterocycles. The van der Waals surface area contributed by atoms with Gasteiger partial charge in [0.25, 0.3) is 0 Å². The molecule has 0 bridgehead atoms. The predicted octanol–water partition coefficient (Wildman–Crippen LogP) is 3.05. The lowest BCUT2D eigenvalue weighted by molar-refractivity contribution is -0.155. The van der Waals surface area contributed by atoms with Gasteiger partial charge in [-0.15, -0.1) is 0 Å². The maximum absolute atomic E-state index is 11.6. The molecule has 1 rings (SSSR count). The molecule has 4 heteroatoms. The Bertz CT molecular complexity index is 460. The minimum absolute atomic E-state index is 0.0692. The summed E-state index contributed by atoms with van der Waals surface area (Å²) in [5.41, 5.74) is 0.781. The number of hydrogen-bond acceptors (Lipinski definition) is 4. The highest BCUT2D eigenvalue weighted by Crippen LogP contribution is 2.12. The lowest BCUT2D eigenvalue weighted by Gasteiger charge is -2.04. The van der Waals surface area contributed by atoms with Gasteiger partial charge in [-0.05, 0) is 31.0 Å². The number of hydrogen-bond donors (Lipinski definition) is 0. The number of benzene rings is 1. The average Bonchev–Trinajstić information content (AvgIpc) is 2.41. The van der Waals surface area contributed by atoms with Gasteiger partial charge in [0.15, 0.2) is 0 Å². The molecule has 0 amide bonds. The van der Waals surface area contributed by atoms with Gasteiger partial charge in [-0.2, -0.15) is 0 Å². The summed E-state index contributed by atoms with van der Waals surface area (Å²) in [5.74, 6) is -0.419. The van der Waals surface area contributed by atoms with Gasteiger partial charge < -0.3 is 9.47 Å². The Labute approximate surface area is 119 Å². The fourth-order valence-electron chi connectivity index (χ4n) is 1.57. The fraction of sp³-hybridized carbons (Fsp3) is 0.375. The van der Waals surface area contributed by atoms with Crippen molar-refractivity contribution < 1.29 is 19.1 Å². The second-order valence-corrected chi connectivity index (χ2v) is 4.24. The Morgan fingerprint density at radius 2 is 1.85 bits per heavy atom. The van der Waals surface area contributed by atoms with E-state index in [0.29, 0.717) is 6.61 Å². The van der Waals surface area contributed by atoms with Crippen LogP contribution in [-0.4, -0.2) is 18.5 Å². The molecule has 0 aliphatic heterocycles. The first-order valence-corrected chi connectivity index (χ1v) is 6.78. The molecule has 0 unspecified atom stereocenters. The molecule has 1 aromatic rings. The van der Waals surface area contributed by atoms with Gasteiger partial charge >= 0.3 is 11.9 Å². The standard InChI is InChI=1S/C16H20O4/c1-3-5-6-7-15(17)20-16(18)12-13-8-10-14(11-9-13)19-4-2/h6-11H,3-5,12H2,1-2H3/b7-6+. The summed E-state index contributed by atoms with van der Waals surface area (Å²) in [6.45, 7) is 4.51. The second kappa shape index (κ2) is 8.91. The highest BCUT2D eigenvalue weighted by molar-refractivity contribution is 5.92. The number of carbonyl (C=O) groups excluding carboxylic acids is 2. The van der Waals surface area contributed by atoms with E-state index in [1.165, 1.54) is 6.08 Å². The van der Waals surface area contributed by atoms with E-state index in [0.717, 1.165) is 24.2 Å². The third kappa shape index (κ3) is 6.18. The summed E-state index contributed by atoms with van der Waals surface area (Å²) in [4.78, 5) is 22.9. The van der Waals surface area contributed by atoms with Crippen LogP contribution < -0.4 is 4.74 Å². The first-order chi connectivity index (χ1) is 9.65. The Hall–Kier alpha value is -2.10. The van der Waals surface area contributed by atoms with Gasteiger partial charge in [0, 0.05) is 6.08 Å². The second-order valence-electron chi connectivity index (χ2n) is 4.24. The fourth-order valence-corrected chi connectivity index (χ4v) is 1.57. The van der Waals surface area contributed by atoms with Crippen molar-refractivity contribution in [3.63, 3.8) is 0 Å². The predicted molar refractivity (Wildman–Crippen MR) is 76.5 cm³/mol. The SMILES string of the molecule is CCC/C=C/C(=O)OC(=O)Cc1ccc(OCC)cc1. The van der Waals surface area contributed by atoms with E-state index in [1.54, 1.807) is 30.3 Å². The Kier molecular flexibility index (Phi) is 7.11. The van der Waals surface area contributed by atoms with E-state index < -0.39 is 11.9 Å². The maximum atomic E-state index is 11.6. The molecule has 1 aromatic carbocycles. The number of esters is 2. The van der Waals surface area contributed by atoms with Crippen LogP contribution in [0.25, 0.3) is 0 Å². The number of unbranched alkanes of at least 4 members (excludes halogenated alkanes) is 1. The summed E-state index contributed by atoms with van der Waals surface area (Å²) in [6.07, 6.45) is 4.80. The van der Waals surface area contributed by atoms with E-state index in [9.17, 15) is 9.59 Å². The summed E-state index contributed by atoms with van der Waals surface area (Å²) >= 11 is 0. The molecule has 0 saturated carbocycles. The summed E-state index contributed by atoms with van der Waals surface area (Å²) in [7, 11) is 0. The molecule has 0 aliphatic carbocycles. The molecule has 0 radical (unpaired) electrons. The first kappa shape index (κ1) is 16.0. The van der Waals surface area contributed by atoms with Crippen molar-refractivity contribution >= 4 is 11.9 Å². The van der Waals surface area contributed by atoms with Crippen LogP contribution in [-0.2, 0) is 20.7 Å². The van der Waals surface area contributed by atoms with Crippen molar-refractivity contribution in [2.75, 3.05) is 6.61 Å². The minimum atomic E-state index is -0.616. The number of rotatable bonds is 7. The number of allylic oxidation sites excluding steroid dienone is 1. The van der Waals surface area contributed by atoms with E-state index >= 15 is 0 Å². The van der Waals surface area contributed by atoms with E-state index in [1.807, 2.05) is 13.8 Å². The van der Waals surface area contributed by atoms with E-state index in [4.69, 9.17) is 4.74 Å². The van der Waals surface area contributed by atoms with Crippen molar-refractivity contribution in [2.24, 2.45) is 0 Å². The summed E-state index contributed by atoms with van der Waals surface area (Å²) in [5, 5.41) is 0. The van der Waals surface area contributed by atoms with Crippen molar-refractivity contribution in [1.82, 2.24) is 0 Å². The molecule has 0 aliphatic rings. The molecule has 0 atom stereocenters. The molecule has 0 fully saturated rings. The molecular formula is C16H20O4. The lowest BCUT2D eigenvalue weighted by Crippen LogP contribution is -2.12. The van der Waals surface area contributed by atoms with Gasteiger partial charge in [0.05, 0.1) is 13.0 Å². The Morgan fingerprint density at radius 1 is 1.15 bits per heavy atom. The summed E-state index contributed by atoms with van der Waals surface area (Å²) in [6, 6.07) is 7.14. The van der Waals surface area contributed by atoms with Gasteiger partial charge in [0.1, 0.15) is 5.75 Å². The van der Waals surface area contributed by atoms with Crippen molar-refractivity contribution in [3.8, 4) is 5.75 Å². The van der Waals surface area contributed by atoms with Crippen molar-refractivity contribution in [3.05, 3.63) is 42.0 Å². The van der Waals surface area contributed by atoms with Crippen LogP contribution >= 0.6 is 0 Å². The molecule has 0 heterocycles.